The van der Waals surface area contributed by atoms with E-state index in [0.717, 1.165) is 18.4 Å². The summed E-state index contributed by atoms with van der Waals surface area (Å²) in [6.07, 6.45) is 9.61. The van der Waals surface area contributed by atoms with Crippen LogP contribution in [0.4, 0.5) is 4.39 Å². The highest BCUT2D eigenvalue weighted by Crippen LogP contribution is 2.18. The molecule has 3 heteroatoms. The maximum atomic E-state index is 13.8. The van der Waals surface area contributed by atoms with Gasteiger partial charge < -0.3 is 5.32 Å². The molecule has 1 atom stereocenters. The minimum absolute atomic E-state index is 0.194. The van der Waals surface area contributed by atoms with Crippen LogP contribution < -0.4 is 5.32 Å². The highest BCUT2D eigenvalue weighted by Gasteiger charge is 2.10. The van der Waals surface area contributed by atoms with Crippen molar-refractivity contribution in [2.24, 2.45) is 0 Å². The van der Waals surface area contributed by atoms with Gasteiger partial charge in [0.05, 0.1) is 0 Å². The largest absolute Gasteiger partial charge is 0.317 e. The van der Waals surface area contributed by atoms with E-state index in [0.29, 0.717) is 11.1 Å². The van der Waals surface area contributed by atoms with Gasteiger partial charge in [-0.25, -0.2) is 4.39 Å². The minimum Gasteiger partial charge on any atom is -0.317 e. The molecule has 0 aliphatic rings. The SMILES string of the molecule is CCCCCCCCC(Cc1ccc(Cl)cc1F)NC. The minimum atomic E-state index is -0.194. The standard InChI is InChI=1S/C17H27ClFN/c1-3-4-5-6-7-8-9-16(20-2)12-14-10-11-15(18)13-17(14)19/h10-11,13,16,20H,3-9,12H2,1-2H3. The average molecular weight is 300 g/mol. The molecule has 0 amide bonds. The van der Waals surface area contributed by atoms with E-state index in [1.165, 1.54) is 44.6 Å². The van der Waals surface area contributed by atoms with Gasteiger partial charge in [0.15, 0.2) is 0 Å². The predicted molar refractivity (Wildman–Crippen MR) is 86.0 cm³/mol. The van der Waals surface area contributed by atoms with Gasteiger partial charge in [0.25, 0.3) is 0 Å². The molecule has 0 spiro atoms. The van der Waals surface area contributed by atoms with Crippen LogP contribution >= 0.6 is 11.6 Å². The Kier molecular flexibility index (Phi) is 8.88. The first-order valence-electron chi connectivity index (χ1n) is 7.78. The van der Waals surface area contributed by atoms with Crippen molar-refractivity contribution in [3.05, 3.63) is 34.6 Å². The summed E-state index contributed by atoms with van der Waals surface area (Å²) in [5, 5.41) is 3.76. The molecule has 20 heavy (non-hydrogen) atoms. The van der Waals surface area contributed by atoms with Crippen LogP contribution in [0, 0.1) is 5.82 Å². The normalized spacial score (nSPS) is 12.6. The van der Waals surface area contributed by atoms with Crippen molar-refractivity contribution in [1.29, 1.82) is 0 Å². The number of nitrogens with one attached hydrogen (secondary N) is 1. The zero-order valence-corrected chi connectivity index (χ0v) is 13.5. The van der Waals surface area contributed by atoms with Gasteiger partial charge in [-0.15, -0.1) is 0 Å². The van der Waals surface area contributed by atoms with Crippen LogP contribution in [0.3, 0.4) is 0 Å². The molecule has 1 unspecified atom stereocenters. The summed E-state index contributed by atoms with van der Waals surface area (Å²) in [6.45, 7) is 2.23. The molecule has 0 heterocycles. The average Bonchev–Trinajstić information content (AvgIpc) is 2.43. The number of halogens is 2. The molecule has 1 N–H and O–H groups in total. The summed E-state index contributed by atoms with van der Waals surface area (Å²) in [4.78, 5) is 0. The molecule has 0 fully saturated rings. The van der Waals surface area contributed by atoms with Crippen molar-refractivity contribution in [2.75, 3.05) is 7.05 Å². The van der Waals surface area contributed by atoms with Crippen LogP contribution in [0.15, 0.2) is 18.2 Å². The molecule has 0 aliphatic carbocycles. The van der Waals surface area contributed by atoms with Gasteiger partial charge >= 0.3 is 0 Å². The van der Waals surface area contributed by atoms with Crippen molar-refractivity contribution in [3.8, 4) is 0 Å². The number of rotatable bonds is 10. The van der Waals surface area contributed by atoms with Crippen LogP contribution in [-0.4, -0.2) is 13.1 Å². The van der Waals surface area contributed by atoms with Gasteiger partial charge in [-0.2, -0.15) is 0 Å². The fraction of sp³-hybridized carbons (Fsp3) is 0.647. The molecule has 114 valence electrons. The number of unbranched alkanes of at least 4 members (excludes halogenated alkanes) is 5. The number of hydrogen-bond donors (Lipinski definition) is 1. The Bertz CT molecular complexity index is 381. The first-order valence-corrected chi connectivity index (χ1v) is 8.16. The Hall–Kier alpha value is -0.600. The van der Waals surface area contributed by atoms with Crippen LogP contribution in [0.25, 0.3) is 0 Å². The van der Waals surface area contributed by atoms with Gasteiger partial charge in [-0.1, -0.05) is 63.1 Å². The van der Waals surface area contributed by atoms with Crippen LogP contribution in [0.2, 0.25) is 5.02 Å². The number of hydrogen-bond acceptors (Lipinski definition) is 1. The quantitative estimate of drug-likeness (QED) is 0.573. The fourth-order valence-electron chi connectivity index (χ4n) is 2.47. The van der Waals surface area contributed by atoms with Gasteiger partial charge in [0.2, 0.25) is 0 Å². The molecule has 1 aromatic rings. The van der Waals surface area contributed by atoms with Crippen LogP contribution in [0.5, 0.6) is 0 Å². The smallest absolute Gasteiger partial charge is 0.127 e. The summed E-state index contributed by atoms with van der Waals surface area (Å²) in [5.74, 6) is -0.194. The van der Waals surface area contributed by atoms with Crippen LogP contribution in [-0.2, 0) is 6.42 Å². The summed E-state index contributed by atoms with van der Waals surface area (Å²) in [5.41, 5.74) is 0.750. The number of likely N-dealkylation sites (N-methyl/N-ethyl adjacent to an activating group) is 1. The second-order valence-corrected chi connectivity index (χ2v) is 5.92. The van der Waals surface area contributed by atoms with E-state index in [2.05, 4.69) is 12.2 Å². The van der Waals surface area contributed by atoms with Crippen molar-refractivity contribution in [2.45, 2.75) is 64.3 Å². The number of benzene rings is 1. The molecule has 0 saturated carbocycles. The van der Waals surface area contributed by atoms with E-state index >= 15 is 0 Å². The fourth-order valence-corrected chi connectivity index (χ4v) is 2.63. The molecule has 0 bridgehead atoms. The second-order valence-electron chi connectivity index (χ2n) is 5.48. The summed E-state index contributed by atoms with van der Waals surface area (Å²) in [6, 6.07) is 5.30. The van der Waals surface area contributed by atoms with Gasteiger partial charge in [0, 0.05) is 11.1 Å². The summed E-state index contributed by atoms with van der Waals surface area (Å²) in [7, 11) is 1.95. The van der Waals surface area contributed by atoms with E-state index < -0.39 is 0 Å². The summed E-state index contributed by atoms with van der Waals surface area (Å²) < 4.78 is 13.8. The predicted octanol–water partition coefficient (Wildman–Crippen LogP) is 5.36. The van der Waals surface area contributed by atoms with Crippen molar-refractivity contribution in [1.82, 2.24) is 5.32 Å². The van der Waals surface area contributed by atoms with Gasteiger partial charge in [0.1, 0.15) is 5.82 Å². The zero-order chi connectivity index (χ0) is 14.8. The molecule has 1 nitrogen and oxygen atoms in total. The molecular weight excluding hydrogens is 273 g/mol. The Labute approximate surface area is 127 Å². The third kappa shape index (κ3) is 6.71. The molecule has 0 saturated heterocycles. The first kappa shape index (κ1) is 17.5. The Morgan fingerprint density at radius 1 is 1.15 bits per heavy atom. The molecule has 0 aromatic heterocycles. The van der Waals surface area contributed by atoms with E-state index in [-0.39, 0.29) is 5.82 Å². The summed E-state index contributed by atoms with van der Waals surface area (Å²) >= 11 is 5.78. The topological polar surface area (TPSA) is 12.0 Å². The van der Waals surface area contributed by atoms with Crippen molar-refractivity contribution < 1.29 is 4.39 Å². The first-order chi connectivity index (χ1) is 9.67. The Morgan fingerprint density at radius 2 is 1.85 bits per heavy atom. The van der Waals surface area contributed by atoms with E-state index in [1.54, 1.807) is 12.1 Å². The lowest BCUT2D eigenvalue weighted by Crippen LogP contribution is -2.27. The third-order valence-electron chi connectivity index (χ3n) is 3.80. The lowest BCUT2D eigenvalue weighted by molar-refractivity contribution is 0.471. The highest BCUT2D eigenvalue weighted by molar-refractivity contribution is 6.30. The molecular formula is C17H27ClFN. The zero-order valence-electron chi connectivity index (χ0n) is 12.7. The Morgan fingerprint density at radius 3 is 2.50 bits per heavy atom. The molecule has 0 aliphatic heterocycles. The third-order valence-corrected chi connectivity index (χ3v) is 4.03. The van der Waals surface area contributed by atoms with E-state index in [4.69, 9.17) is 11.6 Å². The van der Waals surface area contributed by atoms with Crippen molar-refractivity contribution in [3.63, 3.8) is 0 Å². The van der Waals surface area contributed by atoms with E-state index in [9.17, 15) is 4.39 Å². The lowest BCUT2D eigenvalue weighted by Gasteiger charge is -2.16. The molecule has 1 aromatic carbocycles. The lowest BCUT2D eigenvalue weighted by atomic mass is 9.99. The molecule has 1 rings (SSSR count). The Balaban J connectivity index is 2.31. The van der Waals surface area contributed by atoms with Gasteiger partial charge in [-0.05, 0) is 37.6 Å². The maximum absolute atomic E-state index is 13.8. The van der Waals surface area contributed by atoms with Crippen LogP contribution in [0.1, 0.15) is 57.4 Å². The van der Waals surface area contributed by atoms with E-state index in [1.807, 2.05) is 7.05 Å². The van der Waals surface area contributed by atoms with Crippen molar-refractivity contribution >= 4 is 11.6 Å². The highest BCUT2D eigenvalue weighted by atomic mass is 35.5. The second kappa shape index (κ2) is 10.2. The monoisotopic (exact) mass is 299 g/mol. The molecule has 0 radical (unpaired) electrons. The van der Waals surface area contributed by atoms with Gasteiger partial charge in [-0.3, -0.25) is 0 Å². The maximum Gasteiger partial charge on any atom is 0.127 e.